The van der Waals surface area contributed by atoms with Crippen molar-refractivity contribution < 1.29 is 24.2 Å². The van der Waals surface area contributed by atoms with E-state index in [-0.39, 0.29) is 19.2 Å². The number of rotatable bonds is 5. The topological polar surface area (TPSA) is 76.1 Å². The van der Waals surface area contributed by atoms with Crippen LogP contribution in [-0.2, 0) is 11.2 Å². The molecule has 0 unspecified atom stereocenters. The van der Waals surface area contributed by atoms with Crippen molar-refractivity contribution in [3.8, 4) is 11.5 Å². The Kier molecular flexibility index (Phi) is 4.94. The molecule has 2 aliphatic rings. The first-order valence-electron chi connectivity index (χ1n) is 9.54. The first-order chi connectivity index (χ1) is 13.6. The minimum atomic E-state index is -0.917. The third-order valence-electron chi connectivity index (χ3n) is 5.67. The molecule has 2 aromatic rings. The lowest BCUT2D eigenvalue weighted by molar-refractivity contribution is -0.152. The highest BCUT2D eigenvalue weighted by Crippen LogP contribution is 2.37. The number of carbonyl (C=O) groups excluding carboxylic acids is 1. The van der Waals surface area contributed by atoms with Gasteiger partial charge < -0.3 is 19.5 Å². The summed E-state index contributed by atoms with van der Waals surface area (Å²) >= 11 is 0. The number of ether oxygens (including phenoxy) is 2. The summed E-state index contributed by atoms with van der Waals surface area (Å²) in [5.41, 5.74) is 0.691. The molecule has 0 spiro atoms. The molecule has 2 aromatic carbocycles. The lowest BCUT2D eigenvalue weighted by Crippen LogP contribution is -2.50. The molecule has 1 amide bonds. The van der Waals surface area contributed by atoms with Gasteiger partial charge in [-0.2, -0.15) is 0 Å². The second-order valence-corrected chi connectivity index (χ2v) is 7.47. The second-order valence-electron chi connectivity index (χ2n) is 7.47. The van der Waals surface area contributed by atoms with Crippen molar-refractivity contribution in [3.05, 3.63) is 59.7 Å². The molecule has 28 heavy (non-hydrogen) atoms. The number of benzene rings is 2. The highest BCUT2D eigenvalue weighted by atomic mass is 16.7. The van der Waals surface area contributed by atoms with E-state index in [0.717, 1.165) is 5.56 Å². The van der Waals surface area contributed by atoms with Crippen LogP contribution in [0.3, 0.4) is 0 Å². The van der Waals surface area contributed by atoms with Gasteiger partial charge in [-0.05, 0) is 49.4 Å². The maximum Gasteiger partial charge on any atom is 0.311 e. The van der Waals surface area contributed by atoms with E-state index in [0.29, 0.717) is 49.3 Å². The van der Waals surface area contributed by atoms with Crippen LogP contribution in [0, 0.1) is 5.41 Å². The van der Waals surface area contributed by atoms with Crippen molar-refractivity contribution in [2.24, 2.45) is 5.41 Å². The zero-order chi connectivity index (χ0) is 19.6. The number of carboxylic acid groups (broad SMARTS) is 1. The highest BCUT2D eigenvalue weighted by Gasteiger charge is 2.43. The van der Waals surface area contributed by atoms with E-state index in [1.165, 1.54) is 0 Å². The van der Waals surface area contributed by atoms with E-state index in [9.17, 15) is 14.7 Å². The second kappa shape index (κ2) is 7.54. The van der Waals surface area contributed by atoms with Gasteiger partial charge in [-0.1, -0.05) is 30.3 Å². The quantitative estimate of drug-likeness (QED) is 0.860. The number of aliphatic carboxylic acids is 1. The van der Waals surface area contributed by atoms with Gasteiger partial charge in [0.25, 0.3) is 5.91 Å². The van der Waals surface area contributed by atoms with Crippen LogP contribution in [0.2, 0.25) is 0 Å². The molecular formula is C22H23NO5. The standard InChI is InChI=1S/C22H23NO5/c24-20(17-7-8-18-19(13-17)28-15-27-18)23-12-4-10-22(14-23,21(25)26)11-9-16-5-2-1-3-6-16/h1-3,5-8,13H,4,9-12,14-15H2,(H,25,26)/t22-/m0/s1. The summed E-state index contributed by atoms with van der Waals surface area (Å²) in [5, 5.41) is 9.99. The minimum absolute atomic E-state index is 0.151. The number of amides is 1. The van der Waals surface area contributed by atoms with Gasteiger partial charge in [0.15, 0.2) is 11.5 Å². The summed E-state index contributed by atoms with van der Waals surface area (Å²) in [5.74, 6) is 0.185. The molecule has 146 valence electrons. The fraction of sp³-hybridized carbons (Fsp3) is 0.364. The predicted octanol–water partition coefficient (Wildman–Crippen LogP) is 3.36. The number of piperidine rings is 1. The SMILES string of the molecule is O=C(c1ccc2c(c1)OCO2)N1CCC[C@@](CCc2ccccc2)(C(=O)O)C1. The van der Waals surface area contributed by atoms with Crippen molar-refractivity contribution in [1.29, 1.82) is 0 Å². The first-order valence-corrected chi connectivity index (χ1v) is 9.54. The minimum Gasteiger partial charge on any atom is -0.481 e. The summed E-state index contributed by atoms with van der Waals surface area (Å²) < 4.78 is 10.6. The molecule has 6 nitrogen and oxygen atoms in total. The summed E-state index contributed by atoms with van der Waals surface area (Å²) in [7, 11) is 0. The van der Waals surface area contributed by atoms with Crippen LogP contribution < -0.4 is 9.47 Å². The van der Waals surface area contributed by atoms with Crippen molar-refractivity contribution in [3.63, 3.8) is 0 Å². The van der Waals surface area contributed by atoms with Gasteiger partial charge in [-0.15, -0.1) is 0 Å². The Morgan fingerprint density at radius 3 is 2.64 bits per heavy atom. The molecule has 1 atom stereocenters. The van der Waals surface area contributed by atoms with E-state index in [4.69, 9.17) is 9.47 Å². The van der Waals surface area contributed by atoms with Gasteiger partial charge >= 0.3 is 5.97 Å². The number of fused-ring (bicyclic) bond motifs is 1. The summed E-state index contributed by atoms with van der Waals surface area (Å²) in [6, 6.07) is 15.0. The molecule has 1 fully saturated rings. The van der Waals surface area contributed by atoms with Crippen molar-refractivity contribution in [2.75, 3.05) is 19.9 Å². The van der Waals surface area contributed by atoms with E-state index >= 15 is 0 Å². The third-order valence-corrected chi connectivity index (χ3v) is 5.67. The van der Waals surface area contributed by atoms with Gasteiger partial charge in [0.1, 0.15) is 0 Å². The number of likely N-dealkylation sites (tertiary alicyclic amines) is 1. The van der Waals surface area contributed by atoms with Gasteiger partial charge in [-0.3, -0.25) is 9.59 Å². The number of nitrogens with zero attached hydrogens (tertiary/aromatic N) is 1. The maximum atomic E-state index is 13.0. The van der Waals surface area contributed by atoms with E-state index in [2.05, 4.69) is 0 Å². The lowest BCUT2D eigenvalue weighted by Gasteiger charge is -2.40. The number of carboxylic acids is 1. The average Bonchev–Trinajstić information content (AvgIpc) is 3.20. The van der Waals surface area contributed by atoms with E-state index in [1.54, 1.807) is 23.1 Å². The zero-order valence-electron chi connectivity index (χ0n) is 15.6. The highest BCUT2D eigenvalue weighted by molar-refractivity contribution is 5.95. The number of hydrogen-bond acceptors (Lipinski definition) is 4. The van der Waals surface area contributed by atoms with Crippen molar-refractivity contribution >= 4 is 11.9 Å². The molecule has 2 aliphatic heterocycles. The average molecular weight is 381 g/mol. The van der Waals surface area contributed by atoms with Gasteiger partial charge in [0.05, 0.1) is 5.41 Å². The molecule has 1 N–H and O–H groups in total. The van der Waals surface area contributed by atoms with Crippen LogP contribution in [0.15, 0.2) is 48.5 Å². The maximum absolute atomic E-state index is 13.0. The molecule has 6 heteroatoms. The Morgan fingerprint density at radius 1 is 1.07 bits per heavy atom. The lowest BCUT2D eigenvalue weighted by atomic mass is 9.75. The fourth-order valence-electron chi connectivity index (χ4n) is 4.03. The van der Waals surface area contributed by atoms with Crippen LogP contribution in [0.5, 0.6) is 11.5 Å². The predicted molar refractivity (Wildman–Crippen MR) is 103 cm³/mol. The molecule has 0 saturated carbocycles. The van der Waals surface area contributed by atoms with Crippen LogP contribution in [0.25, 0.3) is 0 Å². The molecule has 0 aliphatic carbocycles. The van der Waals surface area contributed by atoms with Crippen molar-refractivity contribution in [2.45, 2.75) is 25.7 Å². The summed E-state index contributed by atoms with van der Waals surface area (Å²) in [4.78, 5) is 26.9. The van der Waals surface area contributed by atoms with Crippen LogP contribution in [0.1, 0.15) is 35.2 Å². The van der Waals surface area contributed by atoms with E-state index < -0.39 is 11.4 Å². The zero-order valence-corrected chi connectivity index (χ0v) is 15.6. The Labute approximate surface area is 163 Å². The van der Waals surface area contributed by atoms with Gasteiger partial charge in [0.2, 0.25) is 6.79 Å². The first kappa shape index (κ1) is 18.3. The van der Waals surface area contributed by atoms with Gasteiger partial charge in [-0.25, -0.2) is 0 Å². The largest absolute Gasteiger partial charge is 0.481 e. The van der Waals surface area contributed by atoms with Crippen molar-refractivity contribution in [1.82, 2.24) is 4.90 Å². The number of aryl methyl sites for hydroxylation is 1. The normalized spacial score (nSPS) is 20.8. The molecule has 0 radical (unpaired) electrons. The molecule has 0 bridgehead atoms. The molecule has 4 rings (SSSR count). The molecule has 1 saturated heterocycles. The molecule has 0 aromatic heterocycles. The molecule has 2 heterocycles. The fourth-order valence-corrected chi connectivity index (χ4v) is 4.03. The van der Waals surface area contributed by atoms with Crippen LogP contribution in [0.4, 0.5) is 0 Å². The Bertz CT molecular complexity index is 882. The van der Waals surface area contributed by atoms with Crippen LogP contribution >= 0.6 is 0 Å². The van der Waals surface area contributed by atoms with Gasteiger partial charge in [0, 0.05) is 18.7 Å². The Balaban J connectivity index is 1.51. The summed E-state index contributed by atoms with van der Waals surface area (Å²) in [6.45, 7) is 0.939. The molecular weight excluding hydrogens is 358 g/mol. The number of carbonyl (C=O) groups is 2. The smallest absolute Gasteiger partial charge is 0.311 e. The number of hydrogen-bond donors (Lipinski definition) is 1. The van der Waals surface area contributed by atoms with Crippen LogP contribution in [-0.4, -0.2) is 41.8 Å². The summed E-state index contributed by atoms with van der Waals surface area (Å²) in [6.07, 6.45) is 2.45. The Hall–Kier alpha value is -3.02. The monoisotopic (exact) mass is 381 g/mol. The third kappa shape index (κ3) is 3.54. The Morgan fingerprint density at radius 2 is 1.86 bits per heavy atom. The van der Waals surface area contributed by atoms with E-state index in [1.807, 2.05) is 30.3 Å².